The highest BCUT2D eigenvalue weighted by molar-refractivity contribution is 5.94. The molecule has 2 N–H and O–H groups in total. The van der Waals surface area contributed by atoms with E-state index in [1.54, 1.807) is 31.2 Å². The number of hydrogen-bond donors (Lipinski definition) is 2. The summed E-state index contributed by atoms with van der Waals surface area (Å²) in [4.78, 5) is 23.1. The van der Waals surface area contributed by atoms with E-state index in [1.165, 1.54) is 6.07 Å². The number of amides is 1. The number of furan rings is 1. The minimum Gasteiger partial charge on any atom is -0.493 e. The van der Waals surface area contributed by atoms with Crippen LogP contribution in [0.3, 0.4) is 0 Å². The Labute approximate surface area is 140 Å². The first-order chi connectivity index (χ1) is 11.4. The normalized spacial score (nSPS) is 10.7. The molecule has 1 aromatic heterocycles. The molecule has 6 heteroatoms. The van der Waals surface area contributed by atoms with E-state index in [0.717, 1.165) is 0 Å². The van der Waals surface area contributed by atoms with Crippen molar-refractivity contribution in [3.63, 3.8) is 0 Å². The first-order valence-corrected chi connectivity index (χ1v) is 7.70. The van der Waals surface area contributed by atoms with Gasteiger partial charge in [-0.15, -0.1) is 0 Å². The van der Waals surface area contributed by atoms with Gasteiger partial charge >= 0.3 is 5.97 Å². The Hall–Kier alpha value is -2.76. The van der Waals surface area contributed by atoms with Crippen LogP contribution >= 0.6 is 0 Å². The number of ether oxygens (including phenoxy) is 1. The van der Waals surface area contributed by atoms with Gasteiger partial charge in [-0.05, 0) is 43.2 Å². The molecule has 0 bridgehead atoms. The van der Waals surface area contributed by atoms with Gasteiger partial charge in [0.25, 0.3) is 5.91 Å². The topological polar surface area (TPSA) is 88.8 Å². The van der Waals surface area contributed by atoms with Gasteiger partial charge in [0.1, 0.15) is 22.8 Å². The third-order valence-electron chi connectivity index (χ3n) is 3.32. The first-order valence-electron chi connectivity index (χ1n) is 7.70. The van der Waals surface area contributed by atoms with Crippen LogP contribution in [0.2, 0.25) is 0 Å². The van der Waals surface area contributed by atoms with E-state index in [0.29, 0.717) is 35.4 Å². The summed E-state index contributed by atoms with van der Waals surface area (Å²) in [6, 6.07) is 8.27. The Bertz CT molecular complexity index is 716. The largest absolute Gasteiger partial charge is 0.493 e. The van der Waals surface area contributed by atoms with Crippen LogP contribution in [0, 0.1) is 12.8 Å². The number of carboxylic acids is 1. The molecule has 0 aliphatic heterocycles. The van der Waals surface area contributed by atoms with Gasteiger partial charge in [0.2, 0.25) is 0 Å². The monoisotopic (exact) mass is 331 g/mol. The number of benzene rings is 1. The molecule has 0 spiro atoms. The van der Waals surface area contributed by atoms with Crippen LogP contribution in [0.25, 0.3) is 0 Å². The lowest BCUT2D eigenvalue weighted by atomic mass is 10.2. The van der Waals surface area contributed by atoms with Crippen LogP contribution < -0.4 is 10.1 Å². The molecule has 2 rings (SSSR count). The Balaban J connectivity index is 1.92. The molecular formula is C18H21NO5. The van der Waals surface area contributed by atoms with Gasteiger partial charge < -0.3 is 19.6 Å². The molecule has 6 nitrogen and oxygen atoms in total. The van der Waals surface area contributed by atoms with Gasteiger partial charge in [-0.25, -0.2) is 4.79 Å². The number of aryl methyl sites for hydroxylation is 1. The van der Waals surface area contributed by atoms with Gasteiger partial charge in [0, 0.05) is 5.56 Å². The molecule has 2 aromatic rings. The number of aromatic carboxylic acids is 1. The summed E-state index contributed by atoms with van der Waals surface area (Å²) in [5.41, 5.74) is 0.597. The summed E-state index contributed by atoms with van der Waals surface area (Å²) >= 11 is 0. The molecule has 0 aliphatic rings. The molecule has 0 aliphatic carbocycles. The third-order valence-corrected chi connectivity index (χ3v) is 3.32. The zero-order chi connectivity index (χ0) is 17.7. The molecule has 24 heavy (non-hydrogen) atoms. The quantitative estimate of drug-likeness (QED) is 0.813. The Kier molecular flexibility index (Phi) is 5.63. The van der Waals surface area contributed by atoms with Gasteiger partial charge in [0.15, 0.2) is 0 Å². The van der Waals surface area contributed by atoms with E-state index in [1.807, 2.05) is 0 Å². The average molecular weight is 331 g/mol. The molecule has 0 radical (unpaired) electrons. The number of hydrogen-bond acceptors (Lipinski definition) is 4. The lowest BCUT2D eigenvalue weighted by Gasteiger charge is -2.09. The fourth-order valence-electron chi connectivity index (χ4n) is 2.08. The van der Waals surface area contributed by atoms with E-state index in [2.05, 4.69) is 19.2 Å². The average Bonchev–Trinajstić information content (AvgIpc) is 2.92. The molecular weight excluding hydrogens is 310 g/mol. The fourth-order valence-corrected chi connectivity index (χ4v) is 2.08. The smallest absolute Gasteiger partial charge is 0.339 e. The second kappa shape index (κ2) is 7.68. The predicted molar refractivity (Wildman–Crippen MR) is 88.3 cm³/mol. The summed E-state index contributed by atoms with van der Waals surface area (Å²) in [5, 5.41) is 11.7. The van der Waals surface area contributed by atoms with Gasteiger partial charge in [-0.3, -0.25) is 4.79 Å². The maximum atomic E-state index is 12.1. The summed E-state index contributed by atoms with van der Waals surface area (Å²) < 4.78 is 10.9. The van der Waals surface area contributed by atoms with Crippen molar-refractivity contribution < 1.29 is 23.8 Å². The highest BCUT2D eigenvalue weighted by atomic mass is 16.5. The van der Waals surface area contributed by atoms with E-state index < -0.39 is 5.97 Å². The Morgan fingerprint density at radius 1 is 1.25 bits per heavy atom. The van der Waals surface area contributed by atoms with Crippen molar-refractivity contribution in [3.05, 3.63) is 53.0 Å². The van der Waals surface area contributed by atoms with Crippen molar-refractivity contribution in [1.82, 2.24) is 5.32 Å². The summed E-state index contributed by atoms with van der Waals surface area (Å²) in [6.07, 6.45) is 0. The lowest BCUT2D eigenvalue weighted by molar-refractivity contribution is 0.0694. The molecule has 128 valence electrons. The fraction of sp³-hybridized carbons (Fsp3) is 0.333. The molecule has 1 heterocycles. The van der Waals surface area contributed by atoms with Crippen molar-refractivity contribution in [2.24, 2.45) is 5.92 Å². The molecule has 0 saturated carbocycles. The summed E-state index contributed by atoms with van der Waals surface area (Å²) in [6.45, 7) is 6.44. The van der Waals surface area contributed by atoms with E-state index in [4.69, 9.17) is 14.3 Å². The van der Waals surface area contributed by atoms with Crippen molar-refractivity contribution >= 4 is 11.9 Å². The molecule has 0 atom stereocenters. The maximum absolute atomic E-state index is 12.1. The van der Waals surface area contributed by atoms with Crippen molar-refractivity contribution in [3.8, 4) is 5.75 Å². The van der Waals surface area contributed by atoms with Crippen molar-refractivity contribution in [2.45, 2.75) is 27.3 Å². The molecule has 0 unspecified atom stereocenters. The van der Waals surface area contributed by atoms with Crippen LogP contribution in [0.1, 0.15) is 46.1 Å². The van der Waals surface area contributed by atoms with Gasteiger partial charge in [-0.2, -0.15) is 0 Å². The maximum Gasteiger partial charge on any atom is 0.339 e. The molecule has 1 amide bonds. The number of nitrogens with one attached hydrogen (secondary N) is 1. The van der Waals surface area contributed by atoms with Gasteiger partial charge in [0.05, 0.1) is 13.2 Å². The first kappa shape index (κ1) is 17.6. The minimum absolute atomic E-state index is 0.103. The highest BCUT2D eigenvalue weighted by Gasteiger charge is 2.14. The number of rotatable bonds is 7. The van der Waals surface area contributed by atoms with E-state index >= 15 is 0 Å². The van der Waals surface area contributed by atoms with E-state index in [-0.39, 0.29) is 18.0 Å². The summed E-state index contributed by atoms with van der Waals surface area (Å²) in [7, 11) is 0. The Morgan fingerprint density at radius 2 is 1.92 bits per heavy atom. The Morgan fingerprint density at radius 3 is 2.46 bits per heavy atom. The molecule has 0 fully saturated rings. The number of carboxylic acid groups (broad SMARTS) is 1. The minimum atomic E-state index is -1.05. The second-order valence-corrected chi connectivity index (χ2v) is 5.90. The van der Waals surface area contributed by atoms with Crippen molar-refractivity contribution in [1.29, 1.82) is 0 Å². The van der Waals surface area contributed by atoms with Gasteiger partial charge in [-0.1, -0.05) is 13.8 Å². The van der Waals surface area contributed by atoms with Crippen LogP contribution in [0.4, 0.5) is 0 Å². The summed E-state index contributed by atoms with van der Waals surface area (Å²) in [5.74, 6) is 0.545. The SMILES string of the molecule is Cc1oc(CNC(=O)c2ccc(OCC(C)C)cc2)cc1C(=O)O. The van der Waals surface area contributed by atoms with Crippen LogP contribution in [-0.2, 0) is 6.54 Å². The third kappa shape index (κ3) is 4.62. The van der Waals surface area contributed by atoms with Crippen molar-refractivity contribution in [2.75, 3.05) is 6.61 Å². The standard InChI is InChI=1S/C18H21NO5/c1-11(2)10-23-14-6-4-13(5-7-14)17(20)19-9-15-8-16(18(21)22)12(3)24-15/h4-8,11H,9-10H2,1-3H3,(H,19,20)(H,21,22). The second-order valence-electron chi connectivity index (χ2n) is 5.90. The van der Waals surface area contributed by atoms with Crippen LogP contribution in [-0.4, -0.2) is 23.6 Å². The van der Waals surface area contributed by atoms with Crippen LogP contribution in [0.5, 0.6) is 5.75 Å². The zero-order valence-corrected chi connectivity index (χ0v) is 14.0. The number of carbonyl (C=O) groups is 2. The predicted octanol–water partition coefficient (Wildman–Crippen LogP) is 3.25. The number of carbonyl (C=O) groups excluding carboxylic acids is 1. The van der Waals surface area contributed by atoms with Crippen LogP contribution in [0.15, 0.2) is 34.7 Å². The molecule has 1 aromatic carbocycles. The molecule has 0 saturated heterocycles. The van der Waals surface area contributed by atoms with E-state index in [9.17, 15) is 9.59 Å². The lowest BCUT2D eigenvalue weighted by Crippen LogP contribution is -2.22. The highest BCUT2D eigenvalue weighted by Crippen LogP contribution is 2.16. The zero-order valence-electron chi connectivity index (χ0n) is 14.0.